The molecule has 0 saturated heterocycles. The molecule has 0 aliphatic rings. The Kier molecular flexibility index (Phi) is 6.96. The highest BCUT2D eigenvalue weighted by Crippen LogP contribution is 2.39. The van der Waals surface area contributed by atoms with Gasteiger partial charge in [-0.15, -0.1) is 0 Å². The van der Waals surface area contributed by atoms with Gasteiger partial charge in [0.1, 0.15) is 6.61 Å². The third-order valence-electron chi connectivity index (χ3n) is 4.95. The Morgan fingerprint density at radius 3 is 2.10 bits per heavy atom. The van der Waals surface area contributed by atoms with Crippen molar-refractivity contribution in [3.63, 3.8) is 0 Å². The Hall–Kier alpha value is -3.47. The largest absolute Gasteiger partial charge is 0.493 e. The number of rotatable bonds is 8. The summed E-state index contributed by atoms with van der Waals surface area (Å²) in [4.78, 5) is 14.7. The molecule has 3 aromatic carbocycles. The highest BCUT2D eigenvalue weighted by molar-refractivity contribution is 5.95. The normalized spacial score (nSPS) is 10.4. The molecule has 0 unspecified atom stereocenters. The minimum atomic E-state index is -0.121. The van der Waals surface area contributed by atoms with Crippen LogP contribution in [-0.2, 0) is 13.2 Å². The summed E-state index contributed by atoms with van der Waals surface area (Å²) in [5, 5.41) is 0. The lowest BCUT2D eigenvalue weighted by Crippen LogP contribution is -2.26. The van der Waals surface area contributed by atoms with Crippen LogP contribution in [0.25, 0.3) is 0 Å². The zero-order valence-electron chi connectivity index (χ0n) is 17.8. The van der Waals surface area contributed by atoms with Gasteiger partial charge in [-0.2, -0.15) is 0 Å². The van der Waals surface area contributed by atoms with Gasteiger partial charge in [0.25, 0.3) is 5.91 Å². The van der Waals surface area contributed by atoms with Crippen LogP contribution in [0.4, 0.5) is 0 Å². The van der Waals surface area contributed by atoms with E-state index in [0.29, 0.717) is 36.0 Å². The van der Waals surface area contributed by atoms with Crippen molar-refractivity contribution in [3.05, 3.63) is 89.0 Å². The van der Waals surface area contributed by atoms with Gasteiger partial charge in [-0.1, -0.05) is 54.6 Å². The Labute approximate surface area is 177 Å². The second-order valence-corrected chi connectivity index (χ2v) is 7.07. The summed E-state index contributed by atoms with van der Waals surface area (Å²) in [6.07, 6.45) is 0. The van der Waals surface area contributed by atoms with E-state index in [-0.39, 0.29) is 5.91 Å². The van der Waals surface area contributed by atoms with Crippen molar-refractivity contribution < 1.29 is 19.0 Å². The molecule has 3 aromatic rings. The van der Waals surface area contributed by atoms with Gasteiger partial charge < -0.3 is 19.1 Å². The number of ether oxygens (including phenoxy) is 3. The van der Waals surface area contributed by atoms with E-state index in [1.165, 1.54) is 0 Å². The van der Waals surface area contributed by atoms with E-state index < -0.39 is 0 Å². The van der Waals surface area contributed by atoms with Crippen molar-refractivity contribution >= 4 is 5.91 Å². The fourth-order valence-corrected chi connectivity index (χ4v) is 3.21. The van der Waals surface area contributed by atoms with Crippen LogP contribution < -0.4 is 14.2 Å². The van der Waals surface area contributed by atoms with Gasteiger partial charge in [-0.05, 0) is 35.7 Å². The number of hydrogen-bond donors (Lipinski definition) is 0. The summed E-state index contributed by atoms with van der Waals surface area (Å²) in [6, 6.07) is 21.3. The SMILES string of the molecule is COc1cc(C(=O)N(C)Cc2ccccc2C)cc(OC)c1OCc1ccccc1. The molecule has 5 heteroatoms. The predicted molar refractivity (Wildman–Crippen MR) is 117 cm³/mol. The first-order valence-corrected chi connectivity index (χ1v) is 9.76. The van der Waals surface area contributed by atoms with Crippen molar-refractivity contribution in [1.82, 2.24) is 4.90 Å². The molecular weight excluding hydrogens is 378 g/mol. The molecular formula is C25H27NO4. The molecule has 3 rings (SSSR count). The summed E-state index contributed by atoms with van der Waals surface area (Å²) in [5.41, 5.74) is 3.76. The molecule has 0 atom stereocenters. The summed E-state index contributed by atoms with van der Waals surface area (Å²) >= 11 is 0. The maximum Gasteiger partial charge on any atom is 0.254 e. The molecule has 0 bridgehead atoms. The zero-order chi connectivity index (χ0) is 21.5. The molecule has 0 saturated carbocycles. The van der Waals surface area contributed by atoms with E-state index in [1.807, 2.05) is 61.5 Å². The third kappa shape index (κ3) is 4.92. The molecule has 0 fully saturated rings. The standard InChI is InChI=1S/C25H27NO4/c1-18-10-8-9-13-20(18)16-26(2)25(27)21-14-22(28-3)24(23(15-21)29-4)30-17-19-11-6-5-7-12-19/h5-15H,16-17H2,1-4H3. The third-order valence-corrected chi connectivity index (χ3v) is 4.95. The number of aryl methyl sites for hydroxylation is 1. The molecule has 0 N–H and O–H groups in total. The average Bonchev–Trinajstić information content (AvgIpc) is 2.78. The lowest BCUT2D eigenvalue weighted by atomic mass is 10.1. The summed E-state index contributed by atoms with van der Waals surface area (Å²) < 4.78 is 17.0. The summed E-state index contributed by atoms with van der Waals surface area (Å²) in [6.45, 7) is 2.93. The van der Waals surface area contributed by atoms with Gasteiger partial charge >= 0.3 is 0 Å². The Morgan fingerprint density at radius 1 is 0.900 bits per heavy atom. The minimum Gasteiger partial charge on any atom is -0.493 e. The Balaban J connectivity index is 1.83. The molecule has 0 aromatic heterocycles. The number of nitrogens with zero attached hydrogens (tertiary/aromatic N) is 1. The number of methoxy groups -OCH3 is 2. The maximum absolute atomic E-state index is 13.1. The zero-order valence-corrected chi connectivity index (χ0v) is 17.8. The van der Waals surface area contributed by atoms with E-state index in [9.17, 15) is 4.79 Å². The van der Waals surface area contributed by atoms with Crippen LogP contribution in [0.1, 0.15) is 27.0 Å². The van der Waals surface area contributed by atoms with Crippen molar-refractivity contribution in [2.45, 2.75) is 20.1 Å². The number of hydrogen-bond acceptors (Lipinski definition) is 4. The fraction of sp³-hybridized carbons (Fsp3) is 0.240. The van der Waals surface area contributed by atoms with Gasteiger partial charge in [0.2, 0.25) is 5.75 Å². The summed E-state index contributed by atoms with van der Waals surface area (Å²) in [7, 11) is 4.89. The quantitative estimate of drug-likeness (QED) is 0.537. The first-order chi connectivity index (χ1) is 14.5. The van der Waals surface area contributed by atoms with E-state index in [2.05, 4.69) is 0 Å². The summed E-state index contributed by atoms with van der Waals surface area (Å²) in [5.74, 6) is 1.27. The number of carbonyl (C=O) groups is 1. The van der Waals surface area contributed by atoms with E-state index >= 15 is 0 Å². The van der Waals surface area contributed by atoms with Crippen molar-refractivity contribution in [2.75, 3.05) is 21.3 Å². The highest BCUT2D eigenvalue weighted by atomic mass is 16.5. The number of benzene rings is 3. The van der Waals surface area contributed by atoms with Crippen molar-refractivity contribution in [3.8, 4) is 17.2 Å². The maximum atomic E-state index is 13.1. The molecule has 30 heavy (non-hydrogen) atoms. The highest BCUT2D eigenvalue weighted by Gasteiger charge is 2.20. The number of amides is 1. The van der Waals surface area contributed by atoms with Gasteiger partial charge in [0.05, 0.1) is 14.2 Å². The van der Waals surface area contributed by atoms with Gasteiger partial charge in [0.15, 0.2) is 11.5 Å². The predicted octanol–water partition coefficient (Wildman–Crippen LogP) is 4.86. The average molecular weight is 405 g/mol. The van der Waals surface area contributed by atoms with E-state index in [0.717, 1.165) is 16.7 Å². The van der Waals surface area contributed by atoms with Crippen LogP contribution in [0.3, 0.4) is 0 Å². The van der Waals surface area contributed by atoms with Crippen LogP contribution in [0.2, 0.25) is 0 Å². The topological polar surface area (TPSA) is 48.0 Å². The van der Waals surface area contributed by atoms with Crippen molar-refractivity contribution in [1.29, 1.82) is 0 Å². The first-order valence-electron chi connectivity index (χ1n) is 9.76. The molecule has 0 radical (unpaired) electrons. The van der Waals surface area contributed by atoms with Crippen LogP contribution in [-0.4, -0.2) is 32.1 Å². The molecule has 5 nitrogen and oxygen atoms in total. The molecule has 0 heterocycles. The van der Waals surface area contributed by atoms with Crippen LogP contribution in [0, 0.1) is 6.92 Å². The Bertz CT molecular complexity index is 976. The first kappa shape index (κ1) is 21.2. The van der Waals surface area contributed by atoms with Gasteiger partial charge in [-0.3, -0.25) is 4.79 Å². The van der Waals surface area contributed by atoms with Crippen molar-refractivity contribution in [2.24, 2.45) is 0 Å². The fourth-order valence-electron chi connectivity index (χ4n) is 3.21. The lowest BCUT2D eigenvalue weighted by Gasteiger charge is -2.21. The van der Waals surface area contributed by atoms with Gasteiger partial charge in [-0.25, -0.2) is 0 Å². The molecule has 0 spiro atoms. The van der Waals surface area contributed by atoms with Crippen LogP contribution in [0.5, 0.6) is 17.2 Å². The van der Waals surface area contributed by atoms with Gasteiger partial charge in [0, 0.05) is 19.2 Å². The van der Waals surface area contributed by atoms with E-state index in [4.69, 9.17) is 14.2 Å². The Morgan fingerprint density at radius 2 is 1.50 bits per heavy atom. The molecule has 1 amide bonds. The monoisotopic (exact) mass is 405 g/mol. The molecule has 0 aliphatic carbocycles. The smallest absolute Gasteiger partial charge is 0.254 e. The van der Waals surface area contributed by atoms with Crippen LogP contribution >= 0.6 is 0 Å². The number of carbonyl (C=O) groups excluding carboxylic acids is 1. The second-order valence-electron chi connectivity index (χ2n) is 7.07. The second kappa shape index (κ2) is 9.83. The van der Waals surface area contributed by atoms with Crippen LogP contribution in [0.15, 0.2) is 66.7 Å². The molecule has 156 valence electrons. The molecule has 0 aliphatic heterocycles. The minimum absolute atomic E-state index is 0.121. The van der Waals surface area contributed by atoms with E-state index in [1.54, 1.807) is 38.3 Å². The lowest BCUT2D eigenvalue weighted by molar-refractivity contribution is 0.0784.